The van der Waals surface area contributed by atoms with Gasteiger partial charge in [-0.05, 0) is 63.7 Å². The van der Waals surface area contributed by atoms with E-state index in [1.807, 2.05) is 61.1 Å². The lowest BCUT2D eigenvalue weighted by Gasteiger charge is -2.50. The average molecular weight is 513 g/mol. The molecule has 0 N–H and O–H groups in total. The van der Waals surface area contributed by atoms with E-state index in [0.29, 0.717) is 19.0 Å². The molecule has 7 nitrogen and oxygen atoms in total. The molecule has 6 atom stereocenters. The number of epoxide rings is 1. The minimum Gasteiger partial charge on any atom is -0.444 e. The summed E-state index contributed by atoms with van der Waals surface area (Å²) in [6, 6.07) is 0. The third kappa shape index (κ3) is 4.10. The Hall–Kier alpha value is -2.52. The van der Waals surface area contributed by atoms with E-state index in [1.54, 1.807) is 17.4 Å². The third-order valence-electron chi connectivity index (χ3n) is 8.04. The second-order valence-corrected chi connectivity index (χ2v) is 12.4. The number of thiazole rings is 1. The number of carbonyl (C=O) groups excluding carboxylic acids is 1. The van der Waals surface area contributed by atoms with Gasteiger partial charge in [0.1, 0.15) is 17.9 Å². The molecular weight excluding hydrogens is 479 g/mol. The molecule has 0 saturated carbocycles. The number of hydrogen-bond acceptors (Lipinski definition) is 6. The first-order chi connectivity index (χ1) is 17.1. The van der Waals surface area contributed by atoms with Gasteiger partial charge in [0.05, 0.1) is 29.2 Å². The average Bonchev–Trinajstić information content (AvgIpc) is 3.25. The van der Waals surface area contributed by atoms with Gasteiger partial charge < -0.3 is 14.4 Å². The van der Waals surface area contributed by atoms with Crippen molar-refractivity contribution in [2.24, 2.45) is 17.3 Å². The summed E-state index contributed by atoms with van der Waals surface area (Å²) in [5, 5.41) is 6.79. The number of rotatable bonds is 3. The van der Waals surface area contributed by atoms with E-state index < -0.39 is 11.8 Å². The van der Waals surface area contributed by atoms with Crippen LogP contribution in [0.1, 0.15) is 57.2 Å². The SMILES string of the molecule is CC1C=C(n2ncc3c2C[C@@H]2CCN(C(=O)OC(C)(C)C)C[C@@]2(C2OC2c2cscn2)C3)C=CC1F. The first-order valence-corrected chi connectivity index (χ1v) is 13.7. The summed E-state index contributed by atoms with van der Waals surface area (Å²) in [6.07, 6.45) is 8.59. The Morgan fingerprint density at radius 2 is 2.19 bits per heavy atom. The molecule has 1 amide bonds. The summed E-state index contributed by atoms with van der Waals surface area (Å²) in [7, 11) is 0. The molecule has 4 unspecified atom stereocenters. The summed E-state index contributed by atoms with van der Waals surface area (Å²) in [6.45, 7) is 8.84. The molecule has 2 aliphatic carbocycles. The topological polar surface area (TPSA) is 72.8 Å². The summed E-state index contributed by atoms with van der Waals surface area (Å²) in [5.74, 6) is 0.149. The standard InChI is InChI=1S/C27H33FN4O3S/c1-16-9-19(5-6-20(16)28)32-22-10-18-7-8-31(25(33)35-26(2,3)4)14-27(18,11-17(22)12-30-32)24-23(34-24)21-13-36-15-29-21/h5-6,9,12-13,15-16,18,20,23-24H,7-8,10-11,14H2,1-4H3/t16?,18-,20?,23?,24?,27-/m0/s1. The number of aromatic nitrogens is 3. The molecule has 9 heteroatoms. The molecule has 2 aliphatic heterocycles. The summed E-state index contributed by atoms with van der Waals surface area (Å²) in [4.78, 5) is 19.5. The first-order valence-electron chi connectivity index (χ1n) is 12.8. The van der Waals surface area contributed by atoms with Crippen molar-refractivity contribution in [1.82, 2.24) is 19.7 Å². The zero-order valence-corrected chi connectivity index (χ0v) is 22.0. The van der Waals surface area contributed by atoms with E-state index in [2.05, 4.69) is 10.4 Å². The molecule has 2 saturated heterocycles. The highest BCUT2D eigenvalue weighted by Crippen LogP contribution is 2.58. The van der Waals surface area contributed by atoms with Gasteiger partial charge in [-0.1, -0.05) is 13.0 Å². The van der Waals surface area contributed by atoms with Gasteiger partial charge in [0.15, 0.2) is 0 Å². The van der Waals surface area contributed by atoms with Crippen LogP contribution in [0.5, 0.6) is 0 Å². The van der Waals surface area contributed by atoms with Crippen LogP contribution in [0.25, 0.3) is 5.70 Å². The molecule has 0 spiro atoms. The summed E-state index contributed by atoms with van der Waals surface area (Å²) < 4.78 is 28.1. The van der Waals surface area contributed by atoms with Gasteiger partial charge in [-0.25, -0.2) is 18.9 Å². The normalized spacial score (nSPS) is 33.5. The van der Waals surface area contributed by atoms with Crippen molar-refractivity contribution in [2.75, 3.05) is 13.1 Å². The monoisotopic (exact) mass is 512 g/mol. The van der Waals surface area contributed by atoms with Crippen molar-refractivity contribution < 1.29 is 18.7 Å². The van der Waals surface area contributed by atoms with E-state index >= 15 is 0 Å². The number of ether oxygens (including phenoxy) is 2. The van der Waals surface area contributed by atoms with Crippen LogP contribution in [-0.2, 0) is 22.3 Å². The van der Waals surface area contributed by atoms with Crippen LogP contribution in [0.2, 0.25) is 0 Å². The molecule has 36 heavy (non-hydrogen) atoms. The van der Waals surface area contributed by atoms with E-state index in [-0.39, 0.29) is 29.6 Å². The molecule has 0 bridgehead atoms. The number of fused-ring (bicyclic) bond motifs is 2. The Balaban J connectivity index is 1.33. The zero-order valence-electron chi connectivity index (χ0n) is 21.2. The van der Waals surface area contributed by atoms with Crippen molar-refractivity contribution in [2.45, 2.75) is 70.9 Å². The van der Waals surface area contributed by atoms with Crippen molar-refractivity contribution >= 4 is 23.1 Å². The fourth-order valence-corrected chi connectivity index (χ4v) is 6.80. The number of amides is 1. The molecule has 0 aromatic carbocycles. The Morgan fingerprint density at radius 3 is 2.92 bits per heavy atom. The van der Waals surface area contributed by atoms with E-state index in [4.69, 9.17) is 14.6 Å². The predicted octanol–water partition coefficient (Wildman–Crippen LogP) is 5.21. The second-order valence-electron chi connectivity index (χ2n) is 11.7. The lowest BCUT2D eigenvalue weighted by molar-refractivity contribution is -0.0274. The van der Waals surface area contributed by atoms with Crippen LogP contribution in [0.15, 0.2) is 35.3 Å². The minimum absolute atomic E-state index is 0.00699. The van der Waals surface area contributed by atoms with E-state index in [9.17, 15) is 9.18 Å². The summed E-state index contributed by atoms with van der Waals surface area (Å²) in [5.41, 5.74) is 5.33. The number of likely N-dealkylation sites (tertiary alicyclic amines) is 1. The maximum atomic E-state index is 14.0. The Bertz CT molecular complexity index is 1220. The lowest BCUT2D eigenvalue weighted by atomic mass is 9.60. The fraction of sp³-hybridized carbons (Fsp3) is 0.593. The molecule has 4 aliphatic rings. The maximum absolute atomic E-state index is 14.0. The number of nitrogens with zero attached hydrogens (tertiary/aromatic N) is 4. The van der Waals surface area contributed by atoms with Crippen molar-refractivity contribution in [3.8, 4) is 0 Å². The van der Waals surface area contributed by atoms with Gasteiger partial charge >= 0.3 is 6.09 Å². The van der Waals surface area contributed by atoms with Crippen molar-refractivity contribution in [1.29, 1.82) is 0 Å². The number of hydrogen-bond donors (Lipinski definition) is 0. The largest absolute Gasteiger partial charge is 0.444 e. The number of halogens is 1. The summed E-state index contributed by atoms with van der Waals surface area (Å²) >= 11 is 1.58. The van der Waals surface area contributed by atoms with Gasteiger partial charge in [0, 0.05) is 35.5 Å². The molecule has 2 fully saturated rings. The molecule has 4 heterocycles. The van der Waals surface area contributed by atoms with Crippen LogP contribution in [0, 0.1) is 17.3 Å². The number of piperidine rings is 1. The Kier molecular flexibility index (Phi) is 5.64. The predicted molar refractivity (Wildman–Crippen MR) is 135 cm³/mol. The molecule has 2 aromatic rings. The van der Waals surface area contributed by atoms with E-state index in [1.165, 1.54) is 11.3 Å². The Labute approximate surface area is 215 Å². The quantitative estimate of drug-likeness (QED) is 0.528. The van der Waals surface area contributed by atoms with Crippen molar-refractivity contribution in [3.63, 3.8) is 0 Å². The highest BCUT2D eigenvalue weighted by Gasteiger charge is 2.62. The van der Waals surface area contributed by atoms with Crippen LogP contribution >= 0.6 is 11.3 Å². The Morgan fingerprint density at radius 1 is 1.36 bits per heavy atom. The van der Waals surface area contributed by atoms with Gasteiger partial charge in [0.25, 0.3) is 0 Å². The molecule has 6 rings (SSSR count). The van der Waals surface area contributed by atoms with E-state index in [0.717, 1.165) is 30.7 Å². The van der Waals surface area contributed by atoms with Gasteiger partial charge in [-0.2, -0.15) is 5.10 Å². The van der Waals surface area contributed by atoms with Gasteiger partial charge in [-0.15, -0.1) is 11.3 Å². The number of allylic oxidation sites excluding steroid dienone is 4. The van der Waals surface area contributed by atoms with Crippen LogP contribution in [0.3, 0.4) is 0 Å². The molecule has 0 radical (unpaired) electrons. The lowest BCUT2D eigenvalue weighted by Crippen LogP contribution is -2.57. The van der Waals surface area contributed by atoms with Gasteiger partial charge in [-0.3, -0.25) is 0 Å². The fourth-order valence-electron chi connectivity index (χ4n) is 6.22. The molecular formula is C27H33FN4O3S. The van der Waals surface area contributed by atoms with Crippen molar-refractivity contribution in [3.05, 3.63) is 52.3 Å². The van der Waals surface area contributed by atoms with Crippen LogP contribution in [0.4, 0.5) is 9.18 Å². The van der Waals surface area contributed by atoms with Crippen LogP contribution < -0.4 is 0 Å². The second kappa shape index (κ2) is 8.52. The first kappa shape index (κ1) is 23.9. The number of alkyl halides is 1. The smallest absolute Gasteiger partial charge is 0.410 e. The maximum Gasteiger partial charge on any atom is 0.410 e. The molecule has 192 valence electrons. The minimum atomic E-state index is -0.959. The third-order valence-corrected chi connectivity index (χ3v) is 8.65. The molecule has 2 aromatic heterocycles. The van der Waals surface area contributed by atoms with Crippen LogP contribution in [-0.4, -0.2) is 56.7 Å². The van der Waals surface area contributed by atoms with Gasteiger partial charge in [0.2, 0.25) is 0 Å². The highest BCUT2D eigenvalue weighted by atomic mass is 32.1. The highest BCUT2D eigenvalue weighted by molar-refractivity contribution is 7.07. The number of carbonyl (C=O) groups is 1. The zero-order chi connectivity index (χ0) is 25.2.